The van der Waals surface area contributed by atoms with Crippen LogP contribution in [0.2, 0.25) is 0 Å². The van der Waals surface area contributed by atoms with Gasteiger partial charge in [-0.2, -0.15) is 21.4 Å². The second kappa shape index (κ2) is 5.85. The molecule has 0 unspecified atom stereocenters. The van der Waals surface area contributed by atoms with Crippen LogP contribution in [0.4, 0.5) is 0 Å². The number of nitrogens with zero attached hydrogens (tertiary/aromatic N) is 5. The van der Waals surface area contributed by atoms with Crippen LogP contribution in [0.25, 0.3) is 17.1 Å². The first-order chi connectivity index (χ1) is 11.7. The van der Waals surface area contributed by atoms with Gasteiger partial charge in [-0.15, -0.1) is 0 Å². The van der Waals surface area contributed by atoms with Crippen LogP contribution in [0.3, 0.4) is 0 Å². The van der Waals surface area contributed by atoms with Crippen LogP contribution in [0.1, 0.15) is 21.9 Å². The standard InChI is InChI=1S/C15H11N5O3S/c1-9-12(13-16-4-2-5-20(13)18-9)15(21)22-7-11-17-14(23-19-11)10-3-6-24-8-10/h2-6,8H,7H2,1H3. The molecule has 120 valence electrons. The summed E-state index contributed by atoms with van der Waals surface area (Å²) in [6.45, 7) is 1.64. The third-order valence-electron chi connectivity index (χ3n) is 3.34. The summed E-state index contributed by atoms with van der Waals surface area (Å²) in [6, 6.07) is 3.61. The largest absolute Gasteiger partial charge is 0.454 e. The van der Waals surface area contributed by atoms with Gasteiger partial charge in [0.15, 0.2) is 12.3 Å². The summed E-state index contributed by atoms with van der Waals surface area (Å²) < 4.78 is 12.0. The van der Waals surface area contributed by atoms with E-state index in [1.807, 2.05) is 16.8 Å². The van der Waals surface area contributed by atoms with Gasteiger partial charge in [0.2, 0.25) is 5.82 Å². The van der Waals surface area contributed by atoms with E-state index in [1.165, 1.54) is 15.9 Å². The summed E-state index contributed by atoms with van der Waals surface area (Å²) in [7, 11) is 0. The maximum Gasteiger partial charge on any atom is 0.344 e. The van der Waals surface area contributed by atoms with E-state index < -0.39 is 5.97 Å². The lowest BCUT2D eigenvalue weighted by Gasteiger charge is -2.00. The van der Waals surface area contributed by atoms with Crippen LogP contribution in [0.15, 0.2) is 39.8 Å². The number of hydrogen-bond acceptors (Lipinski definition) is 8. The number of fused-ring (bicyclic) bond motifs is 1. The Morgan fingerprint density at radius 1 is 1.46 bits per heavy atom. The number of hydrogen-bond donors (Lipinski definition) is 0. The number of carbonyl (C=O) groups is 1. The summed E-state index contributed by atoms with van der Waals surface area (Å²) >= 11 is 1.53. The maximum absolute atomic E-state index is 12.3. The zero-order chi connectivity index (χ0) is 16.5. The van der Waals surface area contributed by atoms with Gasteiger partial charge in [-0.1, -0.05) is 5.16 Å². The molecular weight excluding hydrogens is 330 g/mol. The Balaban J connectivity index is 1.51. The van der Waals surface area contributed by atoms with E-state index in [0.717, 1.165) is 5.56 Å². The van der Waals surface area contributed by atoms with Gasteiger partial charge in [0, 0.05) is 17.8 Å². The summed E-state index contributed by atoms with van der Waals surface area (Å²) in [4.78, 5) is 20.7. The van der Waals surface area contributed by atoms with Crippen LogP contribution < -0.4 is 0 Å². The van der Waals surface area contributed by atoms with Crippen LogP contribution >= 0.6 is 11.3 Å². The van der Waals surface area contributed by atoms with Crippen molar-refractivity contribution < 1.29 is 14.1 Å². The van der Waals surface area contributed by atoms with E-state index in [4.69, 9.17) is 9.26 Å². The molecule has 0 amide bonds. The highest BCUT2D eigenvalue weighted by Crippen LogP contribution is 2.20. The first kappa shape index (κ1) is 14.5. The van der Waals surface area contributed by atoms with Crippen molar-refractivity contribution in [2.45, 2.75) is 13.5 Å². The fourth-order valence-electron chi connectivity index (χ4n) is 2.25. The van der Waals surface area contributed by atoms with Crippen molar-refractivity contribution in [2.75, 3.05) is 0 Å². The molecule has 4 heterocycles. The molecule has 0 saturated heterocycles. The van der Waals surface area contributed by atoms with Crippen LogP contribution in [-0.2, 0) is 11.3 Å². The fraction of sp³-hybridized carbons (Fsp3) is 0.133. The number of aryl methyl sites for hydroxylation is 1. The van der Waals surface area contributed by atoms with E-state index in [0.29, 0.717) is 28.6 Å². The van der Waals surface area contributed by atoms with E-state index in [9.17, 15) is 4.79 Å². The van der Waals surface area contributed by atoms with Gasteiger partial charge in [-0.05, 0) is 24.4 Å². The Labute approximate surface area is 139 Å². The number of ether oxygens (including phenoxy) is 1. The fourth-order valence-corrected chi connectivity index (χ4v) is 2.88. The normalized spacial score (nSPS) is 11.0. The van der Waals surface area contributed by atoms with Gasteiger partial charge in [-0.3, -0.25) is 0 Å². The van der Waals surface area contributed by atoms with Crippen molar-refractivity contribution in [3.05, 3.63) is 52.4 Å². The number of thiophene rings is 1. The second-order valence-corrected chi connectivity index (χ2v) is 5.73. The highest BCUT2D eigenvalue weighted by Gasteiger charge is 2.20. The molecule has 0 aliphatic carbocycles. The second-order valence-electron chi connectivity index (χ2n) is 4.95. The first-order valence-electron chi connectivity index (χ1n) is 7.04. The zero-order valence-corrected chi connectivity index (χ0v) is 13.4. The molecular formula is C15H11N5O3S. The van der Waals surface area contributed by atoms with Crippen molar-refractivity contribution in [1.29, 1.82) is 0 Å². The molecule has 0 spiro atoms. The Hall–Kier alpha value is -3.07. The topological polar surface area (TPSA) is 95.4 Å². The Morgan fingerprint density at radius 2 is 2.38 bits per heavy atom. The SMILES string of the molecule is Cc1nn2cccnc2c1C(=O)OCc1noc(-c2ccsc2)n1. The molecule has 0 aliphatic heterocycles. The highest BCUT2D eigenvalue weighted by atomic mass is 32.1. The molecule has 8 nitrogen and oxygen atoms in total. The third kappa shape index (κ3) is 2.54. The van der Waals surface area contributed by atoms with Gasteiger partial charge >= 0.3 is 5.97 Å². The summed E-state index contributed by atoms with van der Waals surface area (Å²) in [5.74, 6) is 0.172. The van der Waals surface area contributed by atoms with Crippen LogP contribution in [-0.4, -0.2) is 30.7 Å². The van der Waals surface area contributed by atoms with Crippen molar-refractivity contribution in [1.82, 2.24) is 24.7 Å². The number of carbonyl (C=O) groups excluding carboxylic acids is 1. The lowest BCUT2D eigenvalue weighted by Crippen LogP contribution is -2.07. The number of aromatic nitrogens is 5. The van der Waals surface area contributed by atoms with Crippen molar-refractivity contribution in [2.24, 2.45) is 0 Å². The third-order valence-corrected chi connectivity index (χ3v) is 4.03. The highest BCUT2D eigenvalue weighted by molar-refractivity contribution is 7.08. The van der Waals surface area contributed by atoms with Gasteiger partial charge < -0.3 is 9.26 Å². The Bertz CT molecular complexity index is 1010. The monoisotopic (exact) mass is 341 g/mol. The number of rotatable bonds is 4. The van der Waals surface area contributed by atoms with E-state index in [1.54, 1.807) is 25.4 Å². The van der Waals surface area contributed by atoms with Crippen molar-refractivity contribution >= 4 is 23.0 Å². The van der Waals surface area contributed by atoms with Gasteiger partial charge in [0.1, 0.15) is 5.56 Å². The van der Waals surface area contributed by atoms with E-state index in [-0.39, 0.29) is 6.61 Å². The molecule has 0 atom stereocenters. The molecule has 0 aromatic carbocycles. The van der Waals surface area contributed by atoms with Gasteiger partial charge in [-0.25, -0.2) is 14.3 Å². The minimum Gasteiger partial charge on any atom is -0.454 e. The van der Waals surface area contributed by atoms with Gasteiger partial charge in [0.05, 0.1) is 11.3 Å². The molecule has 0 radical (unpaired) electrons. The summed E-state index contributed by atoms with van der Waals surface area (Å²) in [5.41, 5.74) is 2.17. The predicted octanol–water partition coefficient (Wildman–Crippen LogP) is 2.51. The van der Waals surface area contributed by atoms with E-state index in [2.05, 4.69) is 20.2 Å². The average Bonchev–Trinajstić information content (AvgIpc) is 3.31. The smallest absolute Gasteiger partial charge is 0.344 e. The predicted molar refractivity (Wildman–Crippen MR) is 84.5 cm³/mol. The molecule has 9 heteroatoms. The molecule has 0 bridgehead atoms. The Morgan fingerprint density at radius 3 is 3.21 bits per heavy atom. The lowest BCUT2D eigenvalue weighted by atomic mass is 10.2. The molecule has 4 aromatic rings. The molecule has 24 heavy (non-hydrogen) atoms. The zero-order valence-electron chi connectivity index (χ0n) is 12.5. The molecule has 4 rings (SSSR count). The summed E-state index contributed by atoms with van der Waals surface area (Å²) in [5, 5.41) is 11.9. The lowest BCUT2D eigenvalue weighted by molar-refractivity contribution is 0.0461. The summed E-state index contributed by atoms with van der Waals surface area (Å²) in [6.07, 6.45) is 3.32. The molecule has 0 saturated carbocycles. The van der Waals surface area contributed by atoms with Crippen molar-refractivity contribution in [3.8, 4) is 11.5 Å². The quantitative estimate of drug-likeness (QED) is 0.526. The molecule has 0 N–H and O–H groups in total. The van der Waals surface area contributed by atoms with Gasteiger partial charge in [0.25, 0.3) is 5.89 Å². The molecule has 0 fully saturated rings. The van der Waals surface area contributed by atoms with Crippen LogP contribution in [0, 0.1) is 6.92 Å². The van der Waals surface area contributed by atoms with Crippen molar-refractivity contribution in [3.63, 3.8) is 0 Å². The maximum atomic E-state index is 12.3. The average molecular weight is 341 g/mol. The number of esters is 1. The minimum atomic E-state index is -0.525. The molecule has 0 aliphatic rings. The molecule has 4 aromatic heterocycles. The Kier molecular flexibility index (Phi) is 3.54. The first-order valence-corrected chi connectivity index (χ1v) is 7.99. The van der Waals surface area contributed by atoms with E-state index >= 15 is 0 Å². The minimum absolute atomic E-state index is 0.0872. The van der Waals surface area contributed by atoms with Crippen LogP contribution in [0.5, 0.6) is 0 Å².